The molecule has 1 aliphatic rings. The Morgan fingerprint density at radius 3 is 2.68 bits per heavy atom. The fourth-order valence-corrected chi connectivity index (χ4v) is 2.21. The van der Waals surface area contributed by atoms with Crippen LogP contribution in [0.3, 0.4) is 0 Å². The second-order valence-electron chi connectivity index (χ2n) is 4.63. The van der Waals surface area contributed by atoms with Crippen LogP contribution < -0.4 is 10.6 Å². The first-order valence-corrected chi connectivity index (χ1v) is 6.54. The summed E-state index contributed by atoms with van der Waals surface area (Å²) in [4.78, 5) is 8.35. The van der Waals surface area contributed by atoms with Gasteiger partial charge in [0.15, 0.2) is 11.8 Å². The van der Waals surface area contributed by atoms with Crippen LogP contribution in [0.5, 0.6) is 0 Å². The standard InChI is InChI=1S/C12H21N5O.HI/c1-9-15-11(17-18-9)8-14-12(13-2)16-10-6-4-3-5-7-10;/h10H,3-8H2,1-2H3,(H2,13,14,16);1H. The minimum atomic E-state index is 0. The van der Waals surface area contributed by atoms with Crippen molar-refractivity contribution in [3.8, 4) is 0 Å². The Bertz CT molecular complexity index is 401. The van der Waals surface area contributed by atoms with Gasteiger partial charge in [-0.1, -0.05) is 24.4 Å². The molecule has 2 N–H and O–H groups in total. The Morgan fingerprint density at radius 2 is 2.11 bits per heavy atom. The molecule has 0 amide bonds. The van der Waals surface area contributed by atoms with E-state index in [0.717, 1.165) is 5.96 Å². The van der Waals surface area contributed by atoms with Crippen LogP contribution in [-0.2, 0) is 6.54 Å². The van der Waals surface area contributed by atoms with Gasteiger partial charge in [0.2, 0.25) is 5.89 Å². The van der Waals surface area contributed by atoms with Gasteiger partial charge < -0.3 is 15.2 Å². The first-order chi connectivity index (χ1) is 8.78. The van der Waals surface area contributed by atoms with Gasteiger partial charge in [0.25, 0.3) is 0 Å². The van der Waals surface area contributed by atoms with Crippen molar-refractivity contribution in [2.75, 3.05) is 7.05 Å². The third kappa shape index (κ3) is 5.33. The van der Waals surface area contributed by atoms with E-state index in [1.807, 2.05) is 0 Å². The van der Waals surface area contributed by atoms with Gasteiger partial charge in [-0.15, -0.1) is 24.0 Å². The van der Waals surface area contributed by atoms with Crippen molar-refractivity contribution in [3.05, 3.63) is 11.7 Å². The maximum Gasteiger partial charge on any atom is 0.223 e. The molecule has 6 nitrogen and oxygen atoms in total. The van der Waals surface area contributed by atoms with Gasteiger partial charge in [0.1, 0.15) is 0 Å². The van der Waals surface area contributed by atoms with Crippen LogP contribution in [0.4, 0.5) is 0 Å². The molecule has 1 aliphatic carbocycles. The number of aryl methyl sites for hydroxylation is 1. The smallest absolute Gasteiger partial charge is 0.223 e. The summed E-state index contributed by atoms with van der Waals surface area (Å²) in [7, 11) is 1.78. The molecular formula is C12H22IN5O. The SMILES string of the molecule is CN=C(NCc1noc(C)n1)NC1CCCCC1.I. The number of nitrogens with one attached hydrogen (secondary N) is 2. The second kappa shape index (κ2) is 8.34. The lowest BCUT2D eigenvalue weighted by atomic mass is 9.96. The Balaban J connectivity index is 0.00000180. The molecular weight excluding hydrogens is 357 g/mol. The van der Waals surface area contributed by atoms with Gasteiger partial charge in [-0.2, -0.15) is 4.98 Å². The minimum Gasteiger partial charge on any atom is -0.354 e. The van der Waals surface area contributed by atoms with Crippen LogP contribution in [-0.4, -0.2) is 29.2 Å². The van der Waals surface area contributed by atoms with Crippen LogP contribution in [0.1, 0.15) is 43.8 Å². The molecule has 2 rings (SSSR count). The first kappa shape index (κ1) is 16.2. The van der Waals surface area contributed by atoms with Gasteiger partial charge in [0, 0.05) is 20.0 Å². The maximum absolute atomic E-state index is 4.92. The van der Waals surface area contributed by atoms with Gasteiger partial charge in [-0.05, 0) is 12.8 Å². The zero-order valence-corrected chi connectivity index (χ0v) is 13.8. The van der Waals surface area contributed by atoms with Crippen molar-refractivity contribution < 1.29 is 4.52 Å². The van der Waals surface area contributed by atoms with Crippen LogP contribution in [0.25, 0.3) is 0 Å². The van der Waals surface area contributed by atoms with E-state index in [0.29, 0.717) is 24.3 Å². The molecule has 0 radical (unpaired) electrons. The second-order valence-corrected chi connectivity index (χ2v) is 4.63. The number of aromatic nitrogens is 2. The van der Waals surface area contributed by atoms with Crippen LogP contribution in [0, 0.1) is 6.92 Å². The number of guanidine groups is 1. The third-order valence-corrected chi connectivity index (χ3v) is 3.15. The number of hydrogen-bond donors (Lipinski definition) is 2. The van der Waals surface area contributed by atoms with E-state index < -0.39 is 0 Å². The fourth-order valence-electron chi connectivity index (χ4n) is 2.21. The van der Waals surface area contributed by atoms with E-state index in [9.17, 15) is 0 Å². The maximum atomic E-state index is 4.92. The normalized spacial score (nSPS) is 16.8. The molecule has 0 unspecified atom stereocenters. The average Bonchev–Trinajstić information content (AvgIpc) is 2.81. The molecule has 0 atom stereocenters. The van der Waals surface area contributed by atoms with E-state index in [-0.39, 0.29) is 24.0 Å². The highest BCUT2D eigenvalue weighted by atomic mass is 127. The Hall–Kier alpha value is -0.860. The van der Waals surface area contributed by atoms with Crippen molar-refractivity contribution in [2.24, 2.45) is 4.99 Å². The van der Waals surface area contributed by atoms with Crippen molar-refractivity contribution in [1.82, 2.24) is 20.8 Å². The largest absolute Gasteiger partial charge is 0.354 e. The Labute approximate surface area is 130 Å². The van der Waals surface area contributed by atoms with E-state index in [2.05, 4.69) is 25.8 Å². The summed E-state index contributed by atoms with van der Waals surface area (Å²) in [6, 6.07) is 0.539. The van der Waals surface area contributed by atoms with Crippen molar-refractivity contribution in [2.45, 2.75) is 51.6 Å². The lowest BCUT2D eigenvalue weighted by molar-refractivity contribution is 0.386. The summed E-state index contributed by atoms with van der Waals surface area (Å²) in [5.74, 6) is 2.05. The van der Waals surface area contributed by atoms with Crippen molar-refractivity contribution >= 4 is 29.9 Å². The van der Waals surface area contributed by atoms with Crippen molar-refractivity contribution in [1.29, 1.82) is 0 Å². The third-order valence-electron chi connectivity index (χ3n) is 3.15. The summed E-state index contributed by atoms with van der Waals surface area (Å²) in [5, 5.41) is 10.5. The van der Waals surface area contributed by atoms with Gasteiger partial charge in [-0.25, -0.2) is 0 Å². The molecule has 0 aliphatic heterocycles. The zero-order valence-electron chi connectivity index (χ0n) is 11.5. The predicted molar refractivity (Wildman–Crippen MR) is 84.7 cm³/mol. The average molecular weight is 379 g/mol. The minimum absolute atomic E-state index is 0. The monoisotopic (exact) mass is 379 g/mol. The summed E-state index contributed by atoms with van der Waals surface area (Å²) >= 11 is 0. The lowest BCUT2D eigenvalue weighted by Crippen LogP contribution is -2.43. The van der Waals surface area contributed by atoms with Gasteiger partial charge >= 0.3 is 0 Å². The Kier molecular flexibility index (Phi) is 7.11. The predicted octanol–water partition coefficient (Wildman–Crippen LogP) is 1.99. The number of halogens is 1. The molecule has 19 heavy (non-hydrogen) atoms. The molecule has 1 aromatic rings. The molecule has 0 bridgehead atoms. The zero-order chi connectivity index (χ0) is 12.8. The number of nitrogens with zero attached hydrogens (tertiary/aromatic N) is 3. The summed E-state index contributed by atoms with van der Waals surface area (Å²) < 4.78 is 4.92. The number of rotatable bonds is 3. The molecule has 0 saturated heterocycles. The van der Waals surface area contributed by atoms with Crippen LogP contribution in [0.15, 0.2) is 9.52 Å². The molecule has 1 heterocycles. The highest BCUT2D eigenvalue weighted by Gasteiger charge is 2.14. The highest BCUT2D eigenvalue weighted by Crippen LogP contribution is 2.17. The molecule has 1 saturated carbocycles. The molecule has 1 aromatic heterocycles. The van der Waals surface area contributed by atoms with Crippen LogP contribution in [0.2, 0.25) is 0 Å². The molecule has 108 valence electrons. The van der Waals surface area contributed by atoms with Gasteiger partial charge in [-0.3, -0.25) is 4.99 Å². The van der Waals surface area contributed by atoms with E-state index in [1.54, 1.807) is 14.0 Å². The molecule has 0 aromatic carbocycles. The quantitative estimate of drug-likeness (QED) is 0.477. The van der Waals surface area contributed by atoms with Crippen molar-refractivity contribution in [3.63, 3.8) is 0 Å². The number of hydrogen-bond acceptors (Lipinski definition) is 4. The number of aliphatic imine (C=N–C) groups is 1. The van der Waals surface area contributed by atoms with Gasteiger partial charge in [0.05, 0.1) is 6.54 Å². The summed E-state index contributed by atoms with van der Waals surface area (Å²) in [6.07, 6.45) is 6.41. The molecule has 7 heteroatoms. The van der Waals surface area contributed by atoms with E-state index in [1.165, 1.54) is 32.1 Å². The summed E-state index contributed by atoms with van der Waals surface area (Å²) in [5.41, 5.74) is 0. The molecule has 0 spiro atoms. The molecule has 1 fully saturated rings. The van der Waals surface area contributed by atoms with E-state index in [4.69, 9.17) is 4.52 Å². The summed E-state index contributed by atoms with van der Waals surface area (Å²) in [6.45, 7) is 2.31. The van der Waals surface area contributed by atoms with Crippen LogP contribution >= 0.6 is 24.0 Å². The highest BCUT2D eigenvalue weighted by molar-refractivity contribution is 14.0. The first-order valence-electron chi connectivity index (χ1n) is 6.54. The lowest BCUT2D eigenvalue weighted by Gasteiger charge is -2.24. The fraction of sp³-hybridized carbons (Fsp3) is 0.750. The topological polar surface area (TPSA) is 75.3 Å². The Morgan fingerprint density at radius 1 is 1.37 bits per heavy atom. The van der Waals surface area contributed by atoms with E-state index >= 15 is 0 Å².